The Morgan fingerprint density at radius 2 is 1.80 bits per heavy atom. The normalized spacial score (nSPS) is 14.9. The molecule has 0 unspecified atom stereocenters. The molecule has 1 saturated heterocycles. The molecule has 0 aliphatic carbocycles. The number of hydrogen-bond donors (Lipinski definition) is 2. The molecular weight excluding hydrogens is 396 g/mol. The summed E-state index contributed by atoms with van der Waals surface area (Å²) in [5.41, 5.74) is 6.87. The van der Waals surface area contributed by atoms with Crippen LogP contribution in [0.1, 0.15) is 36.7 Å². The van der Waals surface area contributed by atoms with Crippen molar-refractivity contribution in [1.82, 2.24) is 25.5 Å². The fourth-order valence-corrected chi connectivity index (χ4v) is 5.40. The first-order valence-corrected chi connectivity index (χ1v) is 11.2. The van der Waals surface area contributed by atoms with E-state index in [0.29, 0.717) is 17.8 Å². The zero-order valence-corrected chi connectivity index (χ0v) is 18.6. The first kappa shape index (κ1) is 19.3. The third kappa shape index (κ3) is 3.40. The number of rotatable bonds is 4. The predicted octanol–water partition coefficient (Wildman–Crippen LogP) is 4.49. The van der Waals surface area contributed by atoms with Gasteiger partial charge in [-0.15, -0.1) is 16.4 Å². The van der Waals surface area contributed by atoms with Gasteiger partial charge < -0.3 is 19.6 Å². The second-order valence-corrected chi connectivity index (χ2v) is 9.24. The summed E-state index contributed by atoms with van der Waals surface area (Å²) >= 11 is 1.72. The number of aromatic nitrogens is 4. The molecule has 4 aromatic rings. The fourth-order valence-electron chi connectivity index (χ4n) is 4.16. The van der Waals surface area contributed by atoms with Crippen LogP contribution in [0, 0.1) is 13.8 Å². The van der Waals surface area contributed by atoms with Gasteiger partial charge in [0.25, 0.3) is 5.89 Å². The first-order valence-electron chi connectivity index (χ1n) is 10.4. The Labute approximate surface area is 179 Å². The van der Waals surface area contributed by atoms with Crippen LogP contribution in [0.15, 0.2) is 22.6 Å². The number of aromatic amines is 1. The van der Waals surface area contributed by atoms with Crippen molar-refractivity contribution in [1.29, 1.82) is 0 Å². The van der Waals surface area contributed by atoms with E-state index in [1.165, 1.54) is 21.5 Å². The quantitative estimate of drug-likeness (QED) is 0.504. The molecule has 5 rings (SSSR count). The molecule has 0 bridgehead atoms. The zero-order chi connectivity index (χ0) is 20.8. The van der Waals surface area contributed by atoms with Crippen molar-refractivity contribution < 1.29 is 4.42 Å². The molecule has 8 heteroatoms. The summed E-state index contributed by atoms with van der Waals surface area (Å²) in [5.74, 6) is 0.970. The minimum atomic E-state index is 0.383. The Hall–Kier alpha value is -2.71. The Morgan fingerprint density at radius 3 is 2.50 bits per heavy atom. The average molecular weight is 423 g/mol. The minimum Gasteiger partial charge on any atom is -0.402 e. The van der Waals surface area contributed by atoms with Crippen molar-refractivity contribution in [2.45, 2.75) is 33.6 Å². The van der Waals surface area contributed by atoms with Gasteiger partial charge in [-0.05, 0) is 43.5 Å². The molecule has 7 nitrogen and oxygen atoms in total. The summed E-state index contributed by atoms with van der Waals surface area (Å²) in [5, 5.41) is 12.0. The molecule has 0 radical (unpaired) electrons. The lowest BCUT2D eigenvalue weighted by molar-refractivity contribution is 0.506. The maximum atomic E-state index is 6.02. The van der Waals surface area contributed by atoms with Gasteiger partial charge in [-0.1, -0.05) is 18.9 Å². The zero-order valence-electron chi connectivity index (χ0n) is 17.7. The molecule has 1 aliphatic heterocycles. The van der Waals surface area contributed by atoms with Crippen LogP contribution >= 0.6 is 11.3 Å². The maximum absolute atomic E-state index is 6.02. The van der Waals surface area contributed by atoms with E-state index in [1.807, 2.05) is 13.8 Å². The van der Waals surface area contributed by atoms with Crippen LogP contribution in [-0.4, -0.2) is 46.3 Å². The fraction of sp³-hybridized carbons (Fsp3) is 0.409. The highest BCUT2D eigenvalue weighted by molar-refractivity contribution is 7.22. The van der Waals surface area contributed by atoms with Crippen molar-refractivity contribution in [3.8, 4) is 22.0 Å². The van der Waals surface area contributed by atoms with Crippen molar-refractivity contribution in [3.63, 3.8) is 0 Å². The number of pyridine rings is 1. The second kappa shape index (κ2) is 7.52. The summed E-state index contributed by atoms with van der Waals surface area (Å²) in [4.78, 5) is 11.3. The highest BCUT2D eigenvalue weighted by Crippen LogP contribution is 2.42. The number of hydrogen-bond acceptors (Lipinski definition) is 7. The predicted molar refractivity (Wildman–Crippen MR) is 121 cm³/mol. The van der Waals surface area contributed by atoms with Crippen LogP contribution in [0.3, 0.4) is 0 Å². The van der Waals surface area contributed by atoms with Crippen molar-refractivity contribution >= 4 is 27.6 Å². The number of nitrogens with zero attached hydrogens (tertiary/aromatic N) is 4. The molecule has 0 saturated carbocycles. The monoisotopic (exact) mass is 422 g/mol. The lowest BCUT2D eigenvalue weighted by atomic mass is 9.99. The van der Waals surface area contributed by atoms with Gasteiger partial charge >= 0.3 is 6.01 Å². The lowest BCUT2D eigenvalue weighted by Crippen LogP contribution is -2.43. The van der Waals surface area contributed by atoms with Crippen LogP contribution in [0.5, 0.6) is 0 Å². The molecule has 0 aromatic carbocycles. The van der Waals surface area contributed by atoms with E-state index in [1.54, 1.807) is 11.3 Å². The second-order valence-electron chi connectivity index (χ2n) is 8.19. The van der Waals surface area contributed by atoms with Crippen LogP contribution in [-0.2, 0) is 0 Å². The summed E-state index contributed by atoms with van der Waals surface area (Å²) in [7, 11) is 0. The molecule has 0 amide bonds. The van der Waals surface area contributed by atoms with E-state index in [0.717, 1.165) is 48.0 Å². The molecule has 4 aromatic heterocycles. The molecule has 1 aliphatic rings. The highest BCUT2D eigenvalue weighted by Gasteiger charge is 2.22. The largest absolute Gasteiger partial charge is 0.402 e. The third-order valence-electron chi connectivity index (χ3n) is 5.47. The van der Waals surface area contributed by atoms with Crippen LogP contribution < -0.4 is 10.2 Å². The highest BCUT2D eigenvalue weighted by atomic mass is 32.1. The van der Waals surface area contributed by atoms with E-state index in [9.17, 15) is 0 Å². The van der Waals surface area contributed by atoms with E-state index in [4.69, 9.17) is 4.42 Å². The number of anilines is 1. The van der Waals surface area contributed by atoms with Gasteiger partial charge in [0.2, 0.25) is 0 Å². The van der Waals surface area contributed by atoms with Gasteiger partial charge in [0, 0.05) is 43.1 Å². The number of aryl methyl sites for hydroxylation is 2. The molecule has 0 atom stereocenters. The van der Waals surface area contributed by atoms with Gasteiger partial charge in [0.15, 0.2) is 0 Å². The van der Waals surface area contributed by atoms with Crippen LogP contribution in [0.2, 0.25) is 0 Å². The number of nitrogens with one attached hydrogen (secondary N) is 2. The Balaban J connectivity index is 1.54. The summed E-state index contributed by atoms with van der Waals surface area (Å²) < 4.78 is 7.27. The molecule has 1 fully saturated rings. The molecule has 30 heavy (non-hydrogen) atoms. The van der Waals surface area contributed by atoms with Crippen molar-refractivity contribution in [3.05, 3.63) is 35.2 Å². The first-order chi connectivity index (χ1) is 14.5. The molecule has 5 heterocycles. The molecule has 2 N–H and O–H groups in total. The van der Waals surface area contributed by atoms with E-state index in [-0.39, 0.29) is 0 Å². The van der Waals surface area contributed by atoms with Crippen LogP contribution in [0.4, 0.5) is 6.01 Å². The van der Waals surface area contributed by atoms with E-state index >= 15 is 0 Å². The third-order valence-corrected chi connectivity index (χ3v) is 6.62. The van der Waals surface area contributed by atoms with E-state index in [2.05, 4.69) is 62.4 Å². The molecular formula is C22H26N6OS. The Kier molecular flexibility index (Phi) is 4.83. The van der Waals surface area contributed by atoms with Crippen molar-refractivity contribution in [2.24, 2.45) is 0 Å². The minimum absolute atomic E-state index is 0.383. The van der Waals surface area contributed by atoms with Gasteiger partial charge in [0.05, 0.1) is 20.8 Å². The number of fused-ring (bicyclic) bond motifs is 1. The van der Waals surface area contributed by atoms with Gasteiger partial charge in [-0.2, -0.15) is 0 Å². The van der Waals surface area contributed by atoms with E-state index < -0.39 is 0 Å². The molecule has 0 spiro atoms. The number of thiophene rings is 1. The standard InChI is InChI=1S/C22H26N6OS/c1-12(2)18-19(15-9-13(3)24-14(4)10-15)25-16-11-17(30-20(16)18)21-26-27-22(29-21)28-7-5-23-6-8-28/h9-12,23,25H,5-8H2,1-4H3. The summed E-state index contributed by atoms with van der Waals surface area (Å²) in [6.45, 7) is 12.2. The maximum Gasteiger partial charge on any atom is 0.318 e. The summed E-state index contributed by atoms with van der Waals surface area (Å²) in [6.07, 6.45) is 0. The van der Waals surface area contributed by atoms with Crippen LogP contribution in [0.25, 0.3) is 32.2 Å². The number of piperazine rings is 1. The van der Waals surface area contributed by atoms with Crippen molar-refractivity contribution in [2.75, 3.05) is 31.1 Å². The van der Waals surface area contributed by atoms with Gasteiger partial charge in [0.1, 0.15) is 0 Å². The van der Waals surface area contributed by atoms with Gasteiger partial charge in [-0.3, -0.25) is 4.98 Å². The number of H-pyrrole nitrogens is 1. The Bertz CT molecular complexity index is 1180. The average Bonchev–Trinajstić information content (AvgIpc) is 3.41. The lowest BCUT2D eigenvalue weighted by Gasteiger charge is -2.24. The molecule has 156 valence electrons. The smallest absolute Gasteiger partial charge is 0.318 e. The summed E-state index contributed by atoms with van der Waals surface area (Å²) in [6, 6.07) is 7.03. The topological polar surface area (TPSA) is 82.9 Å². The SMILES string of the molecule is Cc1cc(-c2[nH]c3cc(-c4nnc(N5CCNCC5)o4)sc3c2C(C)C)cc(C)n1. The van der Waals surface area contributed by atoms with Gasteiger partial charge in [-0.25, -0.2) is 0 Å². The Morgan fingerprint density at radius 1 is 1.07 bits per heavy atom.